The van der Waals surface area contributed by atoms with Crippen LogP contribution in [0.1, 0.15) is 41.3 Å². The highest BCUT2D eigenvalue weighted by molar-refractivity contribution is 5.95. The molecule has 1 amide bonds. The Balaban J connectivity index is 1.87. The third kappa shape index (κ3) is 6.44. The summed E-state index contributed by atoms with van der Waals surface area (Å²) in [6.07, 6.45) is -1.43. The number of ether oxygens (including phenoxy) is 1. The Bertz CT molecular complexity index is 786. The molecule has 0 radical (unpaired) electrons. The lowest BCUT2D eigenvalue weighted by atomic mass is 10.1. The van der Waals surface area contributed by atoms with Crippen LogP contribution in [-0.4, -0.2) is 18.5 Å². The van der Waals surface area contributed by atoms with E-state index >= 15 is 0 Å². The van der Waals surface area contributed by atoms with Gasteiger partial charge in [-0.05, 0) is 48.7 Å². The summed E-state index contributed by atoms with van der Waals surface area (Å²) < 4.78 is 42.8. The lowest BCUT2D eigenvalue weighted by Gasteiger charge is -2.09. The predicted molar refractivity (Wildman–Crippen MR) is 95.4 cm³/mol. The summed E-state index contributed by atoms with van der Waals surface area (Å²) in [5.41, 5.74) is 0.489. The van der Waals surface area contributed by atoms with Crippen molar-refractivity contribution < 1.29 is 27.5 Å². The van der Waals surface area contributed by atoms with Crippen LogP contribution in [0.25, 0.3) is 0 Å². The molecule has 2 aromatic carbocycles. The largest absolute Gasteiger partial charge is 0.452 e. The zero-order chi connectivity index (χ0) is 19.9. The van der Waals surface area contributed by atoms with Crippen molar-refractivity contribution in [3.63, 3.8) is 0 Å². The molecule has 0 spiro atoms. The van der Waals surface area contributed by atoms with Gasteiger partial charge in [0.05, 0.1) is 11.1 Å². The fourth-order valence-electron chi connectivity index (χ4n) is 2.37. The van der Waals surface area contributed by atoms with Gasteiger partial charge in [-0.15, -0.1) is 0 Å². The number of nitrogens with one attached hydrogen (secondary N) is 1. The highest BCUT2D eigenvalue weighted by atomic mass is 19.4. The van der Waals surface area contributed by atoms with E-state index in [4.69, 9.17) is 4.74 Å². The van der Waals surface area contributed by atoms with Crippen molar-refractivity contribution in [3.05, 3.63) is 65.2 Å². The molecule has 0 aliphatic rings. The third-order valence-electron chi connectivity index (χ3n) is 3.82. The molecule has 2 rings (SSSR count). The quantitative estimate of drug-likeness (QED) is 0.700. The molecule has 0 aromatic heterocycles. The number of benzene rings is 2. The minimum Gasteiger partial charge on any atom is -0.452 e. The van der Waals surface area contributed by atoms with Crippen molar-refractivity contribution in [1.82, 2.24) is 0 Å². The molecular formula is C20H20F3NO3. The highest BCUT2D eigenvalue weighted by Crippen LogP contribution is 2.29. The lowest BCUT2D eigenvalue weighted by molar-refractivity contribution is -0.137. The minimum atomic E-state index is -4.56. The van der Waals surface area contributed by atoms with Gasteiger partial charge in [-0.3, -0.25) is 4.79 Å². The Kier molecular flexibility index (Phi) is 6.98. The topological polar surface area (TPSA) is 55.4 Å². The van der Waals surface area contributed by atoms with Crippen molar-refractivity contribution >= 4 is 17.6 Å². The van der Waals surface area contributed by atoms with Crippen molar-refractivity contribution in [2.45, 2.75) is 32.4 Å². The number of anilines is 1. The molecule has 0 bridgehead atoms. The van der Waals surface area contributed by atoms with Gasteiger partial charge in [-0.25, -0.2) is 4.79 Å². The molecule has 1 N–H and O–H groups in total. The minimum absolute atomic E-state index is 0.266. The number of halogens is 3. The molecule has 0 fully saturated rings. The summed E-state index contributed by atoms with van der Waals surface area (Å²) in [6.45, 7) is 1.52. The number of esters is 1. The van der Waals surface area contributed by atoms with Crippen LogP contribution < -0.4 is 5.32 Å². The lowest BCUT2D eigenvalue weighted by Crippen LogP contribution is -2.21. The zero-order valence-corrected chi connectivity index (χ0v) is 14.8. The number of carbonyl (C=O) groups is 2. The zero-order valence-electron chi connectivity index (χ0n) is 14.8. The maximum Gasteiger partial charge on any atom is 0.416 e. The first-order chi connectivity index (χ1) is 12.8. The predicted octanol–water partition coefficient (Wildman–Crippen LogP) is 4.84. The fourth-order valence-corrected chi connectivity index (χ4v) is 2.37. The molecular weight excluding hydrogens is 359 g/mol. The average Bonchev–Trinajstić information content (AvgIpc) is 2.65. The SMILES string of the molecule is CCCCc1ccc(NC(=O)COC(=O)c2cccc(C(F)(F)F)c2)cc1. The number of carbonyl (C=O) groups excluding carboxylic acids is 2. The molecule has 4 nitrogen and oxygen atoms in total. The summed E-state index contributed by atoms with van der Waals surface area (Å²) in [4.78, 5) is 23.7. The third-order valence-corrected chi connectivity index (χ3v) is 3.82. The van der Waals surface area contributed by atoms with Crippen molar-refractivity contribution in [2.24, 2.45) is 0 Å². The standard InChI is InChI=1S/C20H20F3NO3/c1-2-3-5-14-8-10-17(11-9-14)24-18(25)13-27-19(26)15-6-4-7-16(12-15)20(21,22)23/h4,6-12H,2-3,5,13H2,1H3,(H,24,25). The Labute approximate surface area is 155 Å². The molecule has 0 aliphatic heterocycles. The second kappa shape index (κ2) is 9.21. The molecule has 0 saturated heterocycles. The summed E-state index contributed by atoms with van der Waals surface area (Å²) in [5.74, 6) is -1.57. The molecule has 0 atom stereocenters. The maximum absolute atomic E-state index is 12.7. The molecule has 0 unspecified atom stereocenters. The van der Waals surface area contributed by atoms with Crippen molar-refractivity contribution in [1.29, 1.82) is 0 Å². The van der Waals surface area contributed by atoms with E-state index in [0.29, 0.717) is 11.8 Å². The van der Waals surface area contributed by atoms with Gasteiger partial charge in [0.15, 0.2) is 6.61 Å². The number of unbranched alkanes of at least 4 members (excludes halogenated alkanes) is 1. The van der Waals surface area contributed by atoms with E-state index in [0.717, 1.165) is 37.0 Å². The summed E-state index contributed by atoms with van der Waals surface area (Å²) in [6, 6.07) is 11.2. The summed E-state index contributed by atoms with van der Waals surface area (Å²) in [7, 11) is 0. The Morgan fingerprint density at radius 1 is 1.07 bits per heavy atom. The number of aryl methyl sites for hydroxylation is 1. The van der Waals surface area contributed by atoms with Gasteiger partial charge in [-0.1, -0.05) is 31.5 Å². The molecule has 2 aromatic rings. The van der Waals surface area contributed by atoms with Gasteiger partial charge < -0.3 is 10.1 Å². The smallest absolute Gasteiger partial charge is 0.416 e. The van der Waals surface area contributed by atoms with E-state index in [1.165, 1.54) is 6.07 Å². The van der Waals surface area contributed by atoms with Crippen molar-refractivity contribution in [2.75, 3.05) is 11.9 Å². The monoisotopic (exact) mass is 379 g/mol. The van der Waals surface area contributed by atoms with Gasteiger partial charge in [0.25, 0.3) is 5.91 Å². The summed E-state index contributed by atoms with van der Waals surface area (Å²) >= 11 is 0. The van der Waals surface area contributed by atoms with Crippen LogP contribution in [0.4, 0.5) is 18.9 Å². The first-order valence-corrected chi connectivity index (χ1v) is 8.52. The molecule has 0 aliphatic carbocycles. The van der Waals surface area contributed by atoms with E-state index in [2.05, 4.69) is 12.2 Å². The van der Waals surface area contributed by atoms with Gasteiger partial charge in [0, 0.05) is 5.69 Å². The van der Waals surface area contributed by atoms with Crippen LogP contribution >= 0.6 is 0 Å². The van der Waals surface area contributed by atoms with E-state index in [9.17, 15) is 22.8 Å². The maximum atomic E-state index is 12.7. The van der Waals surface area contributed by atoms with Gasteiger partial charge in [0.2, 0.25) is 0 Å². The second-order valence-corrected chi connectivity index (χ2v) is 6.00. The molecule has 27 heavy (non-hydrogen) atoms. The Hall–Kier alpha value is -2.83. The van der Waals surface area contributed by atoms with E-state index in [1.54, 1.807) is 12.1 Å². The molecule has 0 heterocycles. The first-order valence-electron chi connectivity index (χ1n) is 8.52. The van der Waals surface area contributed by atoms with E-state index < -0.39 is 30.2 Å². The van der Waals surface area contributed by atoms with Crippen LogP contribution in [0, 0.1) is 0 Å². The number of alkyl halides is 3. The van der Waals surface area contributed by atoms with Crippen LogP contribution in [0.5, 0.6) is 0 Å². The second-order valence-electron chi connectivity index (χ2n) is 6.00. The van der Waals surface area contributed by atoms with Gasteiger partial charge in [0.1, 0.15) is 0 Å². The van der Waals surface area contributed by atoms with Crippen LogP contribution in [-0.2, 0) is 22.1 Å². The number of hydrogen-bond acceptors (Lipinski definition) is 3. The molecule has 7 heteroatoms. The number of hydrogen-bond donors (Lipinski definition) is 1. The Morgan fingerprint density at radius 3 is 2.41 bits per heavy atom. The highest BCUT2D eigenvalue weighted by Gasteiger charge is 2.31. The van der Waals surface area contributed by atoms with Crippen LogP contribution in [0.3, 0.4) is 0 Å². The van der Waals surface area contributed by atoms with Crippen LogP contribution in [0.15, 0.2) is 48.5 Å². The van der Waals surface area contributed by atoms with Gasteiger partial charge >= 0.3 is 12.1 Å². The Morgan fingerprint density at radius 2 is 1.78 bits per heavy atom. The number of amides is 1. The molecule has 144 valence electrons. The molecule has 0 saturated carbocycles. The normalized spacial score (nSPS) is 11.1. The van der Waals surface area contributed by atoms with Gasteiger partial charge in [-0.2, -0.15) is 13.2 Å². The fraction of sp³-hybridized carbons (Fsp3) is 0.300. The average molecular weight is 379 g/mol. The summed E-state index contributed by atoms with van der Waals surface area (Å²) in [5, 5.41) is 2.57. The van der Waals surface area contributed by atoms with Crippen molar-refractivity contribution in [3.8, 4) is 0 Å². The van der Waals surface area contributed by atoms with E-state index in [1.807, 2.05) is 12.1 Å². The number of rotatable bonds is 7. The van der Waals surface area contributed by atoms with Crippen LogP contribution in [0.2, 0.25) is 0 Å². The first kappa shape index (κ1) is 20.5. The van der Waals surface area contributed by atoms with E-state index in [-0.39, 0.29) is 5.56 Å².